The highest BCUT2D eigenvalue weighted by Gasteiger charge is 2.42. The monoisotopic (exact) mass is 561 g/mol. The number of esters is 1. The van der Waals surface area contributed by atoms with Crippen molar-refractivity contribution in [2.75, 3.05) is 12.0 Å². The van der Waals surface area contributed by atoms with Crippen LogP contribution in [-0.4, -0.2) is 23.2 Å². The van der Waals surface area contributed by atoms with Gasteiger partial charge in [0.15, 0.2) is 5.11 Å². The molecule has 204 valence electrons. The van der Waals surface area contributed by atoms with Crippen LogP contribution in [0.1, 0.15) is 39.5 Å². The quantitative estimate of drug-likeness (QED) is 0.163. The Bertz CT molecular complexity index is 1700. The first-order valence-corrected chi connectivity index (χ1v) is 13.6. The minimum atomic E-state index is -0.428. The van der Waals surface area contributed by atoms with Gasteiger partial charge in [0, 0.05) is 17.4 Å². The molecule has 8 heteroatoms. The van der Waals surface area contributed by atoms with E-state index in [1.54, 1.807) is 18.3 Å². The van der Waals surface area contributed by atoms with Crippen molar-refractivity contribution in [3.63, 3.8) is 0 Å². The van der Waals surface area contributed by atoms with Crippen LogP contribution in [0.4, 0.5) is 5.69 Å². The number of methoxy groups -OCH3 is 1. The molecule has 0 unspecified atom stereocenters. The number of para-hydroxylation sites is 1. The fraction of sp³-hybridized carbons (Fsp3) is 0.121. The Kier molecular flexibility index (Phi) is 7.22. The third-order valence-corrected chi connectivity index (χ3v) is 7.37. The topological polar surface area (TPSA) is 76.8 Å². The second-order valence-electron chi connectivity index (χ2n) is 9.60. The van der Waals surface area contributed by atoms with Crippen molar-refractivity contribution in [2.24, 2.45) is 0 Å². The van der Waals surface area contributed by atoms with Gasteiger partial charge in [-0.05, 0) is 85.4 Å². The highest BCUT2D eigenvalue weighted by atomic mass is 32.1. The lowest BCUT2D eigenvalue weighted by atomic mass is 10.0. The summed E-state index contributed by atoms with van der Waals surface area (Å²) in [5.41, 5.74) is 3.84. The zero-order valence-corrected chi connectivity index (χ0v) is 23.3. The molecule has 7 nitrogen and oxygen atoms in total. The summed E-state index contributed by atoms with van der Waals surface area (Å²) < 4.78 is 17.6. The van der Waals surface area contributed by atoms with Crippen LogP contribution in [0.15, 0.2) is 114 Å². The Hall–Kier alpha value is -4.95. The van der Waals surface area contributed by atoms with Gasteiger partial charge in [-0.1, -0.05) is 42.5 Å². The predicted molar refractivity (Wildman–Crippen MR) is 161 cm³/mol. The summed E-state index contributed by atoms with van der Waals surface area (Å²) in [7, 11) is 1.37. The molecule has 2 atom stereocenters. The van der Waals surface area contributed by atoms with Crippen LogP contribution < -0.4 is 15.0 Å². The number of anilines is 1. The van der Waals surface area contributed by atoms with E-state index in [0.717, 1.165) is 28.4 Å². The van der Waals surface area contributed by atoms with Gasteiger partial charge in [0.1, 0.15) is 29.1 Å². The van der Waals surface area contributed by atoms with E-state index >= 15 is 0 Å². The smallest absolute Gasteiger partial charge is 0.338 e. The van der Waals surface area contributed by atoms with Crippen molar-refractivity contribution in [2.45, 2.75) is 19.0 Å². The molecule has 1 saturated heterocycles. The van der Waals surface area contributed by atoms with Gasteiger partial charge in [-0.2, -0.15) is 0 Å². The van der Waals surface area contributed by atoms with E-state index in [1.807, 2.05) is 103 Å². The number of carbonyl (C=O) groups is 1. The zero-order valence-electron chi connectivity index (χ0n) is 22.5. The minimum absolute atomic E-state index is 0.276. The first-order chi connectivity index (χ1) is 20.0. The molecule has 0 saturated carbocycles. The number of furan rings is 1. The first kappa shape index (κ1) is 26.3. The fourth-order valence-electron chi connectivity index (χ4n) is 5.04. The van der Waals surface area contributed by atoms with Crippen LogP contribution in [0.5, 0.6) is 11.5 Å². The van der Waals surface area contributed by atoms with Crippen LogP contribution >= 0.6 is 12.2 Å². The average molecular weight is 562 g/mol. The van der Waals surface area contributed by atoms with Crippen molar-refractivity contribution in [1.82, 2.24) is 10.3 Å². The lowest BCUT2D eigenvalue weighted by Crippen LogP contribution is -2.29. The average Bonchev–Trinajstić information content (AvgIpc) is 3.63. The summed E-state index contributed by atoms with van der Waals surface area (Å²) in [5, 5.41) is 3.99. The van der Waals surface area contributed by atoms with Gasteiger partial charge in [-0.15, -0.1) is 0 Å². The molecule has 1 fully saturated rings. The van der Waals surface area contributed by atoms with Gasteiger partial charge >= 0.3 is 5.97 Å². The van der Waals surface area contributed by atoms with Crippen molar-refractivity contribution in [3.8, 4) is 22.8 Å². The number of benzene rings is 3. The lowest BCUT2D eigenvalue weighted by Gasteiger charge is -2.26. The normalized spacial score (nSPS) is 16.3. The van der Waals surface area contributed by atoms with E-state index in [4.69, 9.17) is 26.1 Å². The second kappa shape index (κ2) is 11.3. The molecule has 41 heavy (non-hydrogen) atoms. The number of thiocarbonyl (C=S) groups is 1. The summed E-state index contributed by atoms with van der Waals surface area (Å²) >= 11 is 5.86. The number of hydrogen-bond donors (Lipinski definition) is 1. The number of pyridine rings is 1. The summed E-state index contributed by atoms with van der Waals surface area (Å²) in [6.07, 6.45) is 1.76. The molecule has 2 aromatic heterocycles. The van der Waals surface area contributed by atoms with E-state index in [2.05, 4.69) is 10.3 Å². The lowest BCUT2D eigenvalue weighted by molar-refractivity contribution is 0.0601. The number of nitrogens with one attached hydrogen (secondary N) is 1. The standard InChI is InChI=1S/C33H27N3O4S/c1-21-9-3-6-13-27(21)39-23-16-14-22(15-17-23)36-31(30(35-33(36)41)26-12-7-8-20-34-26)29-19-18-28(40-29)24-10-4-5-11-25(24)32(37)38-2/h3-20,30-31H,1-2H3,(H,35,41)/t30-,31-/m1/s1. The van der Waals surface area contributed by atoms with Gasteiger partial charge in [0.25, 0.3) is 0 Å². The second-order valence-corrected chi connectivity index (χ2v) is 9.98. The van der Waals surface area contributed by atoms with E-state index < -0.39 is 5.97 Å². The Labute approximate surface area is 243 Å². The van der Waals surface area contributed by atoms with Gasteiger partial charge in [-0.25, -0.2) is 4.79 Å². The third kappa shape index (κ3) is 5.17. The summed E-state index contributed by atoms with van der Waals surface area (Å²) in [6.45, 7) is 2.02. The van der Waals surface area contributed by atoms with Crippen LogP contribution in [-0.2, 0) is 4.74 Å². The van der Waals surface area contributed by atoms with Crippen molar-refractivity contribution < 1.29 is 18.7 Å². The van der Waals surface area contributed by atoms with E-state index in [1.165, 1.54) is 7.11 Å². The highest BCUT2D eigenvalue weighted by molar-refractivity contribution is 7.80. The Morgan fingerprint density at radius 3 is 2.44 bits per heavy atom. The largest absolute Gasteiger partial charge is 0.465 e. The maximum absolute atomic E-state index is 12.4. The number of aryl methyl sites for hydroxylation is 1. The molecule has 0 amide bonds. The van der Waals surface area contributed by atoms with E-state index in [9.17, 15) is 4.79 Å². The fourth-order valence-corrected chi connectivity index (χ4v) is 5.38. The maximum Gasteiger partial charge on any atom is 0.338 e. The third-order valence-electron chi connectivity index (χ3n) is 7.05. The van der Waals surface area contributed by atoms with Gasteiger partial charge in [0.2, 0.25) is 0 Å². The summed E-state index contributed by atoms with van der Waals surface area (Å²) in [4.78, 5) is 19.1. The maximum atomic E-state index is 12.4. The molecule has 0 radical (unpaired) electrons. The van der Waals surface area contributed by atoms with Crippen LogP contribution in [0.2, 0.25) is 0 Å². The molecule has 1 aliphatic rings. The molecule has 3 aromatic carbocycles. The number of hydrogen-bond acceptors (Lipinski definition) is 6. The molecule has 0 bridgehead atoms. The molecule has 5 aromatic rings. The first-order valence-electron chi connectivity index (χ1n) is 13.1. The zero-order chi connectivity index (χ0) is 28.3. The predicted octanol–water partition coefficient (Wildman–Crippen LogP) is 7.41. The number of nitrogens with zero attached hydrogens (tertiary/aromatic N) is 2. The van der Waals surface area contributed by atoms with E-state index in [-0.39, 0.29) is 12.1 Å². The van der Waals surface area contributed by atoms with Crippen LogP contribution in [0.25, 0.3) is 11.3 Å². The van der Waals surface area contributed by atoms with Gasteiger partial charge < -0.3 is 24.1 Å². The molecule has 1 aliphatic heterocycles. The molecule has 0 aliphatic carbocycles. The van der Waals surface area contributed by atoms with Crippen molar-refractivity contribution >= 4 is 29.0 Å². The Balaban J connectivity index is 1.37. The van der Waals surface area contributed by atoms with E-state index in [0.29, 0.717) is 27.8 Å². The molecule has 6 rings (SSSR count). The number of carbonyl (C=O) groups excluding carboxylic acids is 1. The Morgan fingerprint density at radius 1 is 0.927 bits per heavy atom. The molecule has 1 N–H and O–H groups in total. The van der Waals surface area contributed by atoms with Gasteiger partial charge in [0.05, 0.1) is 24.4 Å². The molecular formula is C33H27N3O4S. The minimum Gasteiger partial charge on any atom is -0.465 e. The number of aromatic nitrogens is 1. The molecular weight excluding hydrogens is 534 g/mol. The van der Waals surface area contributed by atoms with Crippen molar-refractivity contribution in [3.05, 3.63) is 132 Å². The Morgan fingerprint density at radius 2 is 1.68 bits per heavy atom. The SMILES string of the molecule is COC(=O)c1ccccc1-c1ccc([C@@H]2[C@@H](c3ccccn3)NC(=S)N2c2ccc(Oc3ccccc3C)cc2)o1. The van der Waals surface area contributed by atoms with Crippen LogP contribution in [0, 0.1) is 6.92 Å². The number of rotatable bonds is 7. The van der Waals surface area contributed by atoms with Gasteiger partial charge in [-0.3, -0.25) is 4.98 Å². The van der Waals surface area contributed by atoms with Crippen LogP contribution in [0.3, 0.4) is 0 Å². The highest BCUT2D eigenvalue weighted by Crippen LogP contribution is 2.43. The summed E-state index contributed by atoms with van der Waals surface area (Å²) in [5.74, 6) is 2.33. The molecule has 0 spiro atoms. The number of ether oxygens (including phenoxy) is 2. The summed E-state index contributed by atoms with van der Waals surface area (Å²) in [6, 6.07) is 31.9. The molecule has 3 heterocycles. The van der Waals surface area contributed by atoms with Crippen molar-refractivity contribution in [1.29, 1.82) is 0 Å².